The summed E-state index contributed by atoms with van der Waals surface area (Å²) in [5.74, 6) is 1.83. The zero-order chi connectivity index (χ0) is 39.6. The molecule has 10 heteroatoms. The van der Waals surface area contributed by atoms with Crippen molar-refractivity contribution in [1.82, 2.24) is 20.9 Å². The first kappa shape index (κ1) is 38.9. The fraction of sp³-hybridized carbons (Fsp3) is 0.652. The van der Waals surface area contributed by atoms with Gasteiger partial charge in [-0.3, -0.25) is 24.6 Å². The summed E-state index contributed by atoms with van der Waals surface area (Å²) in [4.78, 5) is 41.9. The van der Waals surface area contributed by atoms with Crippen molar-refractivity contribution in [1.29, 1.82) is 5.26 Å². The van der Waals surface area contributed by atoms with Crippen LogP contribution in [0.3, 0.4) is 0 Å². The number of anilines is 1. The molecule has 0 spiro atoms. The number of hydrogen-bond acceptors (Lipinski definition) is 8. The summed E-state index contributed by atoms with van der Waals surface area (Å²) in [6, 6.07) is 15.2. The van der Waals surface area contributed by atoms with Gasteiger partial charge in [-0.1, -0.05) is 39.8 Å². The third-order valence-corrected chi connectivity index (χ3v) is 15.1. The lowest BCUT2D eigenvalue weighted by Crippen LogP contribution is -2.79. The van der Waals surface area contributed by atoms with Crippen molar-refractivity contribution in [2.45, 2.75) is 136 Å². The number of piperidine rings is 3. The molecule has 300 valence electrons. The van der Waals surface area contributed by atoms with Gasteiger partial charge in [0, 0.05) is 54.2 Å². The standard InChI is InChI=1S/C46H62N6O4/c1-29-21-35(22-30(2)36(29)24-47)56-41-43(3,4)40(44(41,5)6)48-25-33-7-9-34(10-8-33)51-17-13-31(14-18-51)23-32-15-19-52(20-16-32)46-26-45(27-46,28-46)42(55)49-37-11-12-38(53)50-39(37)54/h7-10,21-22,31-32,37,40-41,48H,11-20,23,25-28H2,1-6H3,(H,49,55)(H,50,53,54). The molecule has 4 aliphatic carbocycles. The van der Waals surface area contributed by atoms with Gasteiger partial charge in [-0.2, -0.15) is 5.26 Å². The fourth-order valence-electron chi connectivity index (χ4n) is 12.3. The van der Waals surface area contributed by atoms with Crippen LogP contribution in [0.15, 0.2) is 36.4 Å². The van der Waals surface area contributed by atoms with Crippen LogP contribution in [0.4, 0.5) is 5.69 Å². The van der Waals surface area contributed by atoms with E-state index in [1.807, 2.05) is 26.0 Å². The topological polar surface area (TPSA) is 127 Å². The number of imide groups is 1. The molecule has 56 heavy (non-hydrogen) atoms. The first-order valence-corrected chi connectivity index (χ1v) is 21.3. The number of benzene rings is 2. The van der Waals surface area contributed by atoms with Crippen LogP contribution in [0.2, 0.25) is 0 Å². The zero-order valence-electron chi connectivity index (χ0n) is 34.4. The molecule has 7 aliphatic rings. The highest BCUT2D eigenvalue weighted by atomic mass is 16.5. The Morgan fingerprint density at radius 3 is 2.05 bits per heavy atom. The normalized spacial score (nSPS) is 31.3. The second kappa shape index (κ2) is 14.5. The van der Waals surface area contributed by atoms with Gasteiger partial charge in [0.2, 0.25) is 17.7 Å². The Labute approximate surface area is 333 Å². The van der Waals surface area contributed by atoms with Gasteiger partial charge in [-0.15, -0.1) is 0 Å². The molecule has 4 saturated carbocycles. The smallest absolute Gasteiger partial charge is 0.249 e. The van der Waals surface area contributed by atoms with Crippen molar-refractivity contribution >= 4 is 23.4 Å². The molecule has 2 aromatic carbocycles. The van der Waals surface area contributed by atoms with Crippen molar-refractivity contribution < 1.29 is 19.1 Å². The summed E-state index contributed by atoms with van der Waals surface area (Å²) in [6.07, 6.45) is 9.84. The van der Waals surface area contributed by atoms with Crippen LogP contribution in [0, 0.1) is 53.3 Å². The number of carbonyl (C=O) groups excluding carboxylic acids is 3. The number of amides is 3. The van der Waals surface area contributed by atoms with Crippen LogP contribution in [-0.4, -0.2) is 72.5 Å². The number of nitrogens with one attached hydrogen (secondary N) is 3. The molecule has 7 fully saturated rings. The lowest BCUT2D eigenvalue weighted by Gasteiger charge is -2.73. The zero-order valence-corrected chi connectivity index (χ0v) is 34.4. The lowest BCUT2D eigenvalue weighted by atomic mass is 9.38. The molecule has 3 N–H and O–H groups in total. The van der Waals surface area contributed by atoms with Gasteiger partial charge in [0.05, 0.1) is 17.0 Å². The van der Waals surface area contributed by atoms with Gasteiger partial charge < -0.3 is 20.3 Å². The first-order valence-electron chi connectivity index (χ1n) is 21.3. The maximum absolute atomic E-state index is 13.1. The van der Waals surface area contributed by atoms with E-state index in [0.29, 0.717) is 12.5 Å². The van der Waals surface area contributed by atoms with Gasteiger partial charge in [0.1, 0.15) is 17.9 Å². The van der Waals surface area contributed by atoms with E-state index < -0.39 is 6.04 Å². The Morgan fingerprint density at radius 1 is 0.893 bits per heavy atom. The Balaban J connectivity index is 0.742. The fourth-order valence-corrected chi connectivity index (χ4v) is 12.3. The van der Waals surface area contributed by atoms with Crippen LogP contribution in [0.5, 0.6) is 5.75 Å². The Hall–Kier alpha value is -3.94. The summed E-state index contributed by atoms with van der Waals surface area (Å²) in [5, 5.41) is 18.7. The van der Waals surface area contributed by atoms with Crippen LogP contribution in [0.1, 0.15) is 114 Å². The second-order valence-corrected chi connectivity index (χ2v) is 19.8. The highest BCUT2D eigenvalue weighted by Crippen LogP contribution is 2.70. The summed E-state index contributed by atoms with van der Waals surface area (Å²) in [6.45, 7) is 18.5. The van der Waals surface area contributed by atoms with E-state index in [0.717, 1.165) is 86.3 Å². The quantitative estimate of drug-likeness (QED) is 0.228. The van der Waals surface area contributed by atoms with Crippen LogP contribution < -0.4 is 25.6 Å². The van der Waals surface area contributed by atoms with E-state index in [9.17, 15) is 19.6 Å². The number of nitrogens with zero attached hydrogens (tertiary/aromatic N) is 3. The van der Waals surface area contributed by atoms with Crippen molar-refractivity contribution in [2.24, 2.45) is 28.1 Å². The maximum Gasteiger partial charge on any atom is 0.249 e. The van der Waals surface area contributed by atoms with Gasteiger partial charge >= 0.3 is 0 Å². The van der Waals surface area contributed by atoms with Gasteiger partial charge in [0.15, 0.2) is 0 Å². The predicted octanol–water partition coefficient (Wildman–Crippen LogP) is 6.31. The predicted molar refractivity (Wildman–Crippen MR) is 217 cm³/mol. The van der Waals surface area contributed by atoms with Gasteiger partial charge in [0.25, 0.3) is 0 Å². The highest BCUT2D eigenvalue weighted by molar-refractivity contribution is 6.02. The molecule has 0 aromatic heterocycles. The molecule has 3 aliphatic heterocycles. The van der Waals surface area contributed by atoms with E-state index in [4.69, 9.17) is 4.74 Å². The molecule has 0 radical (unpaired) electrons. The third kappa shape index (κ3) is 6.91. The van der Waals surface area contributed by atoms with E-state index in [-0.39, 0.29) is 52.0 Å². The number of rotatable bonds is 11. The second-order valence-electron chi connectivity index (χ2n) is 19.8. The molecule has 3 heterocycles. The van der Waals surface area contributed by atoms with Gasteiger partial charge in [-0.05, 0) is 138 Å². The summed E-state index contributed by atoms with van der Waals surface area (Å²) in [5.41, 5.74) is 5.07. The minimum absolute atomic E-state index is 0.00743. The minimum atomic E-state index is -0.576. The van der Waals surface area contributed by atoms with E-state index in [1.54, 1.807) is 0 Å². The van der Waals surface area contributed by atoms with E-state index in [2.05, 4.69) is 83.8 Å². The third-order valence-electron chi connectivity index (χ3n) is 15.1. The molecule has 3 amide bonds. The molecular formula is C46H62N6O4. The van der Waals surface area contributed by atoms with E-state index >= 15 is 0 Å². The van der Waals surface area contributed by atoms with Crippen molar-refractivity contribution in [3.05, 3.63) is 58.7 Å². The average molecular weight is 763 g/mol. The molecule has 9 rings (SSSR count). The molecule has 1 unspecified atom stereocenters. The largest absolute Gasteiger partial charge is 0.489 e. The summed E-state index contributed by atoms with van der Waals surface area (Å²) >= 11 is 0. The number of aryl methyl sites for hydroxylation is 2. The number of nitriles is 1. The van der Waals surface area contributed by atoms with Crippen LogP contribution in [0.25, 0.3) is 0 Å². The van der Waals surface area contributed by atoms with E-state index in [1.165, 1.54) is 43.4 Å². The Kier molecular flexibility index (Phi) is 10.0. The number of hydrogen-bond donors (Lipinski definition) is 3. The maximum atomic E-state index is 13.1. The number of ether oxygens (including phenoxy) is 1. The van der Waals surface area contributed by atoms with Gasteiger partial charge in [-0.25, -0.2) is 0 Å². The molecule has 2 bridgehead atoms. The van der Waals surface area contributed by atoms with Crippen LogP contribution >= 0.6 is 0 Å². The molecule has 1 atom stereocenters. The molecular weight excluding hydrogens is 701 g/mol. The first-order chi connectivity index (χ1) is 26.6. The average Bonchev–Trinajstić information content (AvgIpc) is 3.12. The van der Waals surface area contributed by atoms with Crippen molar-refractivity contribution in [2.75, 3.05) is 31.1 Å². The summed E-state index contributed by atoms with van der Waals surface area (Å²) < 4.78 is 6.63. The van der Waals surface area contributed by atoms with Crippen LogP contribution in [-0.2, 0) is 20.9 Å². The van der Waals surface area contributed by atoms with Crippen molar-refractivity contribution in [3.63, 3.8) is 0 Å². The molecule has 3 saturated heterocycles. The highest BCUT2D eigenvalue weighted by Gasteiger charge is 2.73. The number of likely N-dealkylation sites (tertiary alicyclic amines) is 1. The SMILES string of the molecule is Cc1cc(OC2C(C)(C)C(NCc3ccc(N4CCC(CC5CCN(C67CC(C(=O)NC8CCC(=O)NC8=O)(C6)C7)CC5)CC4)cc3)C2(C)C)cc(C)c1C#N. The Bertz CT molecular complexity index is 1840. The molecule has 10 nitrogen and oxygen atoms in total. The van der Waals surface area contributed by atoms with Crippen molar-refractivity contribution in [3.8, 4) is 11.8 Å². The summed E-state index contributed by atoms with van der Waals surface area (Å²) in [7, 11) is 0. The Morgan fingerprint density at radius 2 is 1.48 bits per heavy atom. The molecule has 2 aromatic rings. The monoisotopic (exact) mass is 762 g/mol. The lowest BCUT2D eigenvalue weighted by molar-refractivity contribution is -0.223. The number of carbonyl (C=O) groups is 3. The minimum Gasteiger partial charge on any atom is -0.489 e.